The van der Waals surface area contributed by atoms with E-state index in [0.29, 0.717) is 12.2 Å². The summed E-state index contributed by atoms with van der Waals surface area (Å²) in [6.45, 7) is 4.49. The van der Waals surface area contributed by atoms with Gasteiger partial charge in [0, 0.05) is 17.6 Å². The van der Waals surface area contributed by atoms with E-state index in [4.69, 9.17) is 5.10 Å². The van der Waals surface area contributed by atoms with E-state index in [1.807, 2.05) is 17.9 Å². The Labute approximate surface area is 203 Å². The van der Waals surface area contributed by atoms with Crippen LogP contribution in [0.1, 0.15) is 94.1 Å². The van der Waals surface area contributed by atoms with Crippen LogP contribution in [0.2, 0.25) is 0 Å². The van der Waals surface area contributed by atoms with Crippen molar-refractivity contribution in [2.45, 2.75) is 109 Å². The smallest absolute Gasteiger partial charge is 0.273 e. The zero-order chi connectivity index (χ0) is 23.7. The lowest BCUT2D eigenvalue weighted by Crippen LogP contribution is -2.67. The first-order chi connectivity index (χ1) is 16.5. The highest BCUT2D eigenvalue weighted by atomic mass is 16.2. The van der Waals surface area contributed by atoms with E-state index in [1.165, 1.54) is 18.4 Å². The van der Waals surface area contributed by atoms with Gasteiger partial charge >= 0.3 is 0 Å². The van der Waals surface area contributed by atoms with Gasteiger partial charge in [-0.25, -0.2) is 0 Å². The fourth-order valence-corrected chi connectivity index (χ4v) is 6.15. The van der Waals surface area contributed by atoms with Crippen molar-refractivity contribution < 1.29 is 9.59 Å². The Morgan fingerprint density at radius 1 is 1.03 bits per heavy atom. The number of hydrogen-bond donors (Lipinski definition) is 1. The Hall–Kier alpha value is -2.63. The number of carbonyl (C=O) groups excluding carboxylic acids is 2. The summed E-state index contributed by atoms with van der Waals surface area (Å²) in [7, 11) is 0. The minimum atomic E-state index is -0.930. The van der Waals surface area contributed by atoms with E-state index in [9.17, 15) is 9.59 Å². The molecule has 1 aliphatic heterocycles. The van der Waals surface area contributed by atoms with Crippen molar-refractivity contribution in [3.8, 4) is 11.3 Å². The number of aryl methyl sites for hydroxylation is 1. The van der Waals surface area contributed by atoms with Crippen LogP contribution in [0.15, 0.2) is 30.3 Å². The zero-order valence-corrected chi connectivity index (χ0v) is 20.7. The Bertz CT molecular complexity index is 1030. The van der Waals surface area contributed by atoms with Gasteiger partial charge in [0.1, 0.15) is 11.2 Å². The average Bonchev–Trinajstić information content (AvgIpc) is 3.44. The SMILES string of the molecule is CCc1ccc(-c2cc3n(n2)C[C@@](C)(C(=O)NC2CCCCCC2)N(C2CCCC2)C3=O)cc1. The van der Waals surface area contributed by atoms with Crippen molar-refractivity contribution in [3.05, 3.63) is 41.6 Å². The summed E-state index contributed by atoms with van der Waals surface area (Å²) < 4.78 is 1.78. The maximum atomic E-state index is 13.9. The van der Waals surface area contributed by atoms with Gasteiger partial charge in [-0.1, -0.05) is 69.7 Å². The average molecular weight is 463 g/mol. The summed E-state index contributed by atoms with van der Waals surface area (Å²) in [5, 5.41) is 8.17. The zero-order valence-electron chi connectivity index (χ0n) is 20.7. The molecular formula is C28H38N4O2. The molecule has 1 aromatic heterocycles. The van der Waals surface area contributed by atoms with E-state index in [0.717, 1.165) is 69.0 Å². The Morgan fingerprint density at radius 2 is 1.68 bits per heavy atom. The number of nitrogens with zero attached hydrogens (tertiary/aromatic N) is 3. The summed E-state index contributed by atoms with van der Waals surface area (Å²) in [4.78, 5) is 29.6. The van der Waals surface area contributed by atoms with Crippen molar-refractivity contribution in [1.82, 2.24) is 20.0 Å². The maximum Gasteiger partial charge on any atom is 0.273 e. The molecule has 2 aliphatic carbocycles. The summed E-state index contributed by atoms with van der Waals surface area (Å²) >= 11 is 0. The van der Waals surface area contributed by atoms with Gasteiger partial charge < -0.3 is 10.2 Å². The van der Waals surface area contributed by atoms with Gasteiger partial charge in [-0.05, 0) is 50.7 Å². The van der Waals surface area contributed by atoms with Crippen molar-refractivity contribution >= 4 is 11.8 Å². The topological polar surface area (TPSA) is 67.2 Å². The number of rotatable bonds is 5. The molecule has 6 heteroatoms. The largest absolute Gasteiger partial charge is 0.351 e. The third-order valence-corrected chi connectivity index (χ3v) is 8.23. The Kier molecular flexibility index (Phi) is 6.50. The molecule has 0 saturated heterocycles. The third-order valence-electron chi connectivity index (χ3n) is 8.23. The summed E-state index contributed by atoms with van der Waals surface area (Å²) in [5.74, 6) is -0.0738. The van der Waals surface area contributed by atoms with Gasteiger partial charge in [0.05, 0.1) is 12.2 Å². The lowest BCUT2D eigenvalue weighted by molar-refractivity contribution is -0.135. The second-order valence-electron chi connectivity index (χ2n) is 10.7. The second kappa shape index (κ2) is 9.55. The molecule has 34 heavy (non-hydrogen) atoms. The quantitative estimate of drug-likeness (QED) is 0.628. The summed E-state index contributed by atoms with van der Waals surface area (Å²) in [5.41, 5.74) is 2.75. The van der Waals surface area contributed by atoms with Crippen LogP contribution in [0.3, 0.4) is 0 Å². The van der Waals surface area contributed by atoms with Crippen molar-refractivity contribution in [2.24, 2.45) is 0 Å². The Balaban J connectivity index is 1.47. The van der Waals surface area contributed by atoms with Crippen LogP contribution in [-0.4, -0.2) is 44.1 Å². The first kappa shape index (κ1) is 23.1. The van der Waals surface area contributed by atoms with Crippen LogP contribution in [-0.2, 0) is 17.8 Å². The van der Waals surface area contributed by atoms with Crippen molar-refractivity contribution in [2.75, 3.05) is 0 Å². The molecular weight excluding hydrogens is 424 g/mol. The van der Waals surface area contributed by atoms with Gasteiger partial charge in [-0.15, -0.1) is 0 Å². The molecule has 0 unspecified atom stereocenters. The van der Waals surface area contributed by atoms with Gasteiger partial charge in [0.25, 0.3) is 5.91 Å². The predicted octanol–water partition coefficient (Wildman–Crippen LogP) is 5.11. The molecule has 0 radical (unpaired) electrons. The van der Waals surface area contributed by atoms with E-state index >= 15 is 0 Å². The van der Waals surface area contributed by atoms with E-state index in [-0.39, 0.29) is 23.9 Å². The number of fused-ring (bicyclic) bond motifs is 1. The standard InChI is InChI=1S/C28H38N4O2/c1-3-20-14-16-21(17-15-20)24-18-25-26(33)32(23-12-8-9-13-23)28(2,19-31(25)30-24)27(34)29-22-10-6-4-5-7-11-22/h14-18,22-23H,3-13,19H2,1-2H3,(H,29,34)/t28-/m0/s1. The molecule has 1 N–H and O–H groups in total. The molecule has 2 aromatic rings. The summed E-state index contributed by atoms with van der Waals surface area (Å²) in [6.07, 6.45) is 12.0. The molecule has 3 aliphatic rings. The molecule has 2 amide bonds. The molecule has 1 atom stereocenters. The van der Waals surface area contributed by atoms with Crippen LogP contribution in [0.25, 0.3) is 11.3 Å². The van der Waals surface area contributed by atoms with Gasteiger partial charge in [0.15, 0.2) is 0 Å². The Morgan fingerprint density at radius 3 is 2.32 bits per heavy atom. The fraction of sp³-hybridized carbons (Fsp3) is 0.607. The molecule has 5 rings (SSSR count). The summed E-state index contributed by atoms with van der Waals surface area (Å²) in [6, 6.07) is 10.6. The van der Waals surface area contributed by atoms with Gasteiger partial charge in [-0.3, -0.25) is 14.3 Å². The molecule has 6 nitrogen and oxygen atoms in total. The van der Waals surface area contributed by atoms with Gasteiger partial charge in [0.2, 0.25) is 5.91 Å². The molecule has 2 fully saturated rings. The highest BCUT2D eigenvalue weighted by molar-refractivity contribution is 6.00. The number of aromatic nitrogens is 2. The monoisotopic (exact) mass is 462 g/mol. The minimum absolute atomic E-state index is 0.0188. The number of hydrogen-bond acceptors (Lipinski definition) is 3. The normalized spacial score (nSPS) is 24.2. The van der Waals surface area contributed by atoms with E-state index in [1.54, 1.807) is 4.68 Å². The van der Waals surface area contributed by atoms with Crippen LogP contribution < -0.4 is 5.32 Å². The van der Waals surface area contributed by atoms with Crippen LogP contribution in [0.4, 0.5) is 0 Å². The highest BCUT2D eigenvalue weighted by Gasteiger charge is 2.51. The second-order valence-corrected chi connectivity index (χ2v) is 10.7. The van der Waals surface area contributed by atoms with Crippen LogP contribution in [0, 0.1) is 0 Å². The van der Waals surface area contributed by atoms with E-state index < -0.39 is 5.54 Å². The van der Waals surface area contributed by atoms with E-state index in [2.05, 4.69) is 36.5 Å². The maximum absolute atomic E-state index is 13.9. The molecule has 0 spiro atoms. The lowest BCUT2D eigenvalue weighted by Gasteiger charge is -2.46. The molecule has 2 saturated carbocycles. The first-order valence-electron chi connectivity index (χ1n) is 13.3. The molecule has 182 valence electrons. The predicted molar refractivity (Wildman–Crippen MR) is 134 cm³/mol. The molecule has 2 heterocycles. The fourth-order valence-electron chi connectivity index (χ4n) is 6.15. The number of amides is 2. The molecule has 1 aromatic carbocycles. The van der Waals surface area contributed by atoms with Crippen LogP contribution in [0.5, 0.6) is 0 Å². The number of carbonyl (C=O) groups is 2. The number of benzene rings is 1. The lowest BCUT2D eigenvalue weighted by atomic mass is 9.91. The third kappa shape index (κ3) is 4.27. The minimum Gasteiger partial charge on any atom is -0.351 e. The first-order valence-corrected chi connectivity index (χ1v) is 13.3. The molecule has 0 bridgehead atoms. The highest BCUT2D eigenvalue weighted by Crippen LogP contribution is 2.36. The number of nitrogens with one attached hydrogen (secondary N) is 1. The van der Waals surface area contributed by atoms with Crippen molar-refractivity contribution in [3.63, 3.8) is 0 Å². The van der Waals surface area contributed by atoms with Crippen LogP contribution >= 0.6 is 0 Å². The van der Waals surface area contributed by atoms with Crippen molar-refractivity contribution in [1.29, 1.82) is 0 Å². The van der Waals surface area contributed by atoms with Gasteiger partial charge in [-0.2, -0.15) is 5.10 Å².